The molecule has 2 rings (SSSR count). The molecule has 2 saturated carbocycles. The quantitative estimate of drug-likeness (QED) is 0.448. The maximum atomic E-state index is 5.93. The Balaban J connectivity index is 0.00000162. The molecule has 2 aliphatic carbocycles. The van der Waals surface area contributed by atoms with E-state index in [0.717, 1.165) is 11.8 Å². The van der Waals surface area contributed by atoms with E-state index >= 15 is 0 Å². The zero-order valence-electron chi connectivity index (χ0n) is 11.9. The molecular formula is C14H28IN3. The number of hydrogen-bond donors (Lipinski definition) is 2. The van der Waals surface area contributed by atoms with Gasteiger partial charge in [0.25, 0.3) is 0 Å². The van der Waals surface area contributed by atoms with E-state index in [2.05, 4.69) is 31.1 Å². The highest BCUT2D eigenvalue weighted by atomic mass is 127. The number of rotatable bonds is 2. The molecule has 0 aromatic carbocycles. The Bertz CT molecular complexity index is 290. The van der Waals surface area contributed by atoms with Gasteiger partial charge in [-0.1, -0.05) is 32.1 Å². The standard InChI is InChI=1S/C14H27N3.HI/c1-14(2,3)17-13(15)16-12-9-11(12)10-7-5-4-6-8-10;/h10-12H,4-9H2,1-3H3,(H3,15,16,17);1H. The average Bonchev–Trinajstić information content (AvgIpc) is 2.95. The van der Waals surface area contributed by atoms with E-state index in [9.17, 15) is 0 Å². The number of hydrogen-bond acceptors (Lipinski definition) is 1. The number of nitrogens with two attached hydrogens (primary N) is 1. The molecule has 4 heteroatoms. The molecule has 2 unspecified atom stereocenters. The highest BCUT2D eigenvalue weighted by Crippen LogP contribution is 2.46. The van der Waals surface area contributed by atoms with Crippen molar-refractivity contribution in [3.63, 3.8) is 0 Å². The van der Waals surface area contributed by atoms with Gasteiger partial charge in [0.2, 0.25) is 0 Å². The van der Waals surface area contributed by atoms with Crippen molar-refractivity contribution < 1.29 is 0 Å². The summed E-state index contributed by atoms with van der Waals surface area (Å²) < 4.78 is 0. The molecule has 0 heterocycles. The molecule has 2 atom stereocenters. The maximum absolute atomic E-state index is 5.93. The second-order valence-electron chi connectivity index (χ2n) is 6.75. The summed E-state index contributed by atoms with van der Waals surface area (Å²) in [5.41, 5.74) is 5.95. The molecular weight excluding hydrogens is 337 g/mol. The smallest absolute Gasteiger partial charge is 0.189 e. The van der Waals surface area contributed by atoms with E-state index in [1.165, 1.54) is 38.5 Å². The fourth-order valence-corrected chi connectivity index (χ4v) is 3.01. The van der Waals surface area contributed by atoms with Gasteiger partial charge in [0.05, 0.1) is 6.04 Å². The van der Waals surface area contributed by atoms with Crippen LogP contribution >= 0.6 is 24.0 Å². The summed E-state index contributed by atoms with van der Waals surface area (Å²) in [6, 6.07) is 0.507. The molecule has 0 aliphatic heterocycles. The van der Waals surface area contributed by atoms with Crippen LogP contribution in [0.15, 0.2) is 4.99 Å². The van der Waals surface area contributed by atoms with Gasteiger partial charge in [0.1, 0.15) is 0 Å². The van der Waals surface area contributed by atoms with Gasteiger partial charge >= 0.3 is 0 Å². The molecule has 0 radical (unpaired) electrons. The van der Waals surface area contributed by atoms with Crippen LogP contribution in [-0.4, -0.2) is 17.5 Å². The second-order valence-corrected chi connectivity index (χ2v) is 6.75. The van der Waals surface area contributed by atoms with E-state index in [0.29, 0.717) is 12.0 Å². The average molecular weight is 365 g/mol. The summed E-state index contributed by atoms with van der Waals surface area (Å²) >= 11 is 0. The Morgan fingerprint density at radius 2 is 1.78 bits per heavy atom. The van der Waals surface area contributed by atoms with Gasteiger partial charge in [-0.05, 0) is 39.0 Å². The third-order valence-corrected chi connectivity index (χ3v) is 3.87. The molecule has 0 aromatic heterocycles. The number of halogens is 1. The van der Waals surface area contributed by atoms with Gasteiger partial charge in [-0.15, -0.1) is 24.0 Å². The first-order chi connectivity index (χ1) is 7.96. The van der Waals surface area contributed by atoms with Gasteiger partial charge in [0.15, 0.2) is 5.96 Å². The lowest BCUT2D eigenvalue weighted by Gasteiger charge is -2.22. The van der Waals surface area contributed by atoms with Crippen molar-refractivity contribution in [2.24, 2.45) is 22.6 Å². The second kappa shape index (κ2) is 6.44. The zero-order chi connectivity index (χ0) is 12.5. The first kappa shape index (κ1) is 16.1. The highest BCUT2D eigenvalue weighted by Gasteiger charge is 2.43. The molecule has 18 heavy (non-hydrogen) atoms. The van der Waals surface area contributed by atoms with E-state index < -0.39 is 0 Å². The van der Waals surface area contributed by atoms with E-state index in [4.69, 9.17) is 5.73 Å². The van der Waals surface area contributed by atoms with E-state index in [1.54, 1.807) is 0 Å². The fourth-order valence-electron chi connectivity index (χ4n) is 3.01. The molecule has 3 nitrogen and oxygen atoms in total. The van der Waals surface area contributed by atoms with Crippen molar-refractivity contribution in [1.82, 2.24) is 5.32 Å². The third-order valence-electron chi connectivity index (χ3n) is 3.87. The van der Waals surface area contributed by atoms with Crippen LogP contribution in [0.5, 0.6) is 0 Å². The molecule has 0 saturated heterocycles. The topological polar surface area (TPSA) is 50.4 Å². The normalized spacial score (nSPS) is 29.6. The van der Waals surface area contributed by atoms with Crippen molar-refractivity contribution >= 4 is 29.9 Å². The van der Waals surface area contributed by atoms with Gasteiger partial charge in [0, 0.05) is 5.54 Å². The molecule has 0 bridgehead atoms. The lowest BCUT2D eigenvalue weighted by atomic mass is 9.85. The maximum Gasteiger partial charge on any atom is 0.189 e. The van der Waals surface area contributed by atoms with Gasteiger partial charge in [-0.25, -0.2) is 4.99 Å². The van der Waals surface area contributed by atoms with Crippen LogP contribution in [0, 0.1) is 11.8 Å². The van der Waals surface area contributed by atoms with E-state index in [1.807, 2.05) is 0 Å². The Labute approximate surface area is 128 Å². The SMILES string of the molecule is CC(C)(C)NC(N)=NC1CC1C1CCCCC1.I. The first-order valence-corrected chi connectivity index (χ1v) is 7.07. The Kier molecular flexibility index (Phi) is 5.74. The van der Waals surface area contributed by atoms with Crippen molar-refractivity contribution in [1.29, 1.82) is 0 Å². The molecule has 0 spiro atoms. The summed E-state index contributed by atoms with van der Waals surface area (Å²) in [6.45, 7) is 6.34. The Hall–Kier alpha value is 0. The van der Waals surface area contributed by atoms with Crippen LogP contribution in [0.1, 0.15) is 59.3 Å². The monoisotopic (exact) mass is 365 g/mol. The summed E-state index contributed by atoms with van der Waals surface area (Å²) in [5.74, 6) is 2.39. The number of nitrogens with one attached hydrogen (secondary N) is 1. The highest BCUT2D eigenvalue weighted by molar-refractivity contribution is 14.0. The van der Waals surface area contributed by atoms with Crippen LogP contribution in [0.3, 0.4) is 0 Å². The van der Waals surface area contributed by atoms with Gasteiger partial charge < -0.3 is 11.1 Å². The van der Waals surface area contributed by atoms with Crippen LogP contribution in [-0.2, 0) is 0 Å². The minimum absolute atomic E-state index is 0. The van der Waals surface area contributed by atoms with Crippen LogP contribution in [0.4, 0.5) is 0 Å². The predicted molar refractivity (Wildman–Crippen MR) is 88.4 cm³/mol. The third kappa shape index (κ3) is 4.94. The Morgan fingerprint density at radius 3 is 2.33 bits per heavy atom. The number of aliphatic imine (C=N–C) groups is 1. The lowest BCUT2D eigenvalue weighted by molar-refractivity contribution is 0.318. The first-order valence-electron chi connectivity index (χ1n) is 7.07. The predicted octanol–water partition coefficient (Wildman–Crippen LogP) is 3.28. The van der Waals surface area contributed by atoms with Crippen LogP contribution < -0.4 is 11.1 Å². The minimum atomic E-state index is 0. The summed E-state index contributed by atoms with van der Waals surface area (Å²) in [4.78, 5) is 4.61. The molecule has 2 aliphatic rings. The summed E-state index contributed by atoms with van der Waals surface area (Å²) in [6.07, 6.45) is 8.38. The van der Waals surface area contributed by atoms with Gasteiger partial charge in [-0.3, -0.25) is 0 Å². The number of guanidine groups is 1. The minimum Gasteiger partial charge on any atom is -0.370 e. The molecule has 106 valence electrons. The molecule has 0 amide bonds. The molecule has 3 N–H and O–H groups in total. The number of nitrogens with zero attached hydrogens (tertiary/aromatic N) is 1. The molecule has 0 aromatic rings. The van der Waals surface area contributed by atoms with Crippen molar-refractivity contribution in [3.05, 3.63) is 0 Å². The lowest BCUT2D eigenvalue weighted by Crippen LogP contribution is -2.45. The fraction of sp³-hybridized carbons (Fsp3) is 0.929. The van der Waals surface area contributed by atoms with Crippen molar-refractivity contribution in [2.45, 2.75) is 70.9 Å². The summed E-state index contributed by atoms with van der Waals surface area (Å²) in [7, 11) is 0. The Morgan fingerprint density at radius 1 is 1.17 bits per heavy atom. The van der Waals surface area contributed by atoms with Crippen molar-refractivity contribution in [2.75, 3.05) is 0 Å². The molecule has 2 fully saturated rings. The van der Waals surface area contributed by atoms with Crippen molar-refractivity contribution in [3.8, 4) is 0 Å². The summed E-state index contributed by atoms with van der Waals surface area (Å²) in [5, 5.41) is 3.24. The van der Waals surface area contributed by atoms with Gasteiger partial charge in [-0.2, -0.15) is 0 Å². The van der Waals surface area contributed by atoms with E-state index in [-0.39, 0.29) is 29.5 Å². The zero-order valence-corrected chi connectivity index (χ0v) is 14.2. The van der Waals surface area contributed by atoms with Crippen LogP contribution in [0.25, 0.3) is 0 Å². The van der Waals surface area contributed by atoms with Crippen LogP contribution in [0.2, 0.25) is 0 Å². The largest absolute Gasteiger partial charge is 0.370 e.